The SMILES string of the molecule is CCOc1ccc([C@@]2(SC(F)(F)F)C(=O)N(C(=O)OC(C)(C)C)c3ccccc32)cc1. The molecule has 1 heterocycles. The first-order chi connectivity index (χ1) is 14.4. The fourth-order valence-corrected chi connectivity index (χ4v) is 4.46. The Morgan fingerprint density at radius 2 is 1.68 bits per heavy atom. The predicted molar refractivity (Wildman–Crippen MR) is 112 cm³/mol. The van der Waals surface area contributed by atoms with Crippen LogP contribution in [0.3, 0.4) is 0 Å². The molecule has 1 aliphatic rings. The lowest BCUT2D eigenvalue weighted by molar-refractivity contribution is -0.119. The number of hydrogen-bond acceptors (Lipinski definition) is 5. The van der Waals surface area contributed by atoms with Crippen molar-refractivity contribution in [3.05, 3.63) is 59.7 Å². The largest absolute Gasteiger partial charge is 0.494 e. The van der Waals surface area contributed by atoms with Gasteiger partial charge in [0.15, 0.2) is 4.75 Å². The van der Waals surface area contributed by atoms with Crippen molar-refractivity contribution < 1.29 is 32.2 Å². The summed E-state index contributed by atoms with van der Waals surface area (Å²) in [6.45, 7) is 7.00. The molecule has 2 aromatic rings. The average Bonchev–Trinajstić information content (AvgIpc) is 2.89. The number of alkyl halides is 3. The Labute approximate surface area is 182 Å². The molecular weight excluding hydrogens is 431 g/mol. The summed E-state index contributed by atoms with van der Waals surface area (Å²) in [5.74, 6) is -0.574. The van der Waals surface area contributed by atoms with Crippen LogP contribution in [-0.4, -0.2) is 29.7 Å². The highest BCUT2D eigenvalue weighted by Gasteiger charge is 2.60. The number of benzene rings is 2. The number of para-hydroxylation sites is 1. The highest BCUT2D eigenvalue weighted by Crippen LogP contribution is 2.58. The highest BCUT2D eigenvalue weighted by molar-refractivity contribution is 8.02. The smallest absolute Gasteiger partial charge is 0.443 e. The third-order valence-electron chi connectivity index (χ3n) is 4.45. The van der Waals surface area contributed by atoms with Gasteiger partial charge in [-0.15, -0.1) is 0 Å². The quantitative estimate of drug-likeness (QED) is 0.580. The van der Waals surface area contributed by atoms with E-state index < -0.39 is 39.6 Å². The Balaban J connectivity index is 2.21. The maximum absolute atomic E-state index is 13.8. The van der Waals surface area contributed by atoms with Crippen molar-refractivity contribution in [2.24, 2.45) is 0 Å². The molecule has 0 aliphatic carbocycles. The molecule has 0 bridgehead atoms. The van der Waals surface area contributed by atoms with E-state index in [1.807, 2.05) is 0 Å². The number of hydrogen-bond donors (Lipinski definition) is 0. The molecule has 3 rings (SSSR count). The number of thioether (sulfide) groups is 1. The van der Waals surface area contributed by atoms with Crippen LogP contribution in [0.2, 0.25) is 0 Å². The van der Waals surface area contributed by atoms with Crippen LogP contribution < -0.4 is 9.64 Å². The van der Waals surface area contributed by atoms with Gasteiger partial charge in [-0.2, -0.15) is 13.2 Å². The Morgan fingerprint density at radius 1 is 1.06 bits per heavy atom. The van der Waals surface area contributed by atoms with E-state index in [0.29, 0.717) is 17.3 Å². The third-order valence-corrected chi connectivity index (χ3v) is 5.61. The van der Waals surface area contributed by atoms with Crippen LogP contribution in [-0.2, 0) is 14.3 Å². The first-order valence-corrected chi connectivity index (χ1v) is 10.4. The Hall–Kier alpha value is -2.68. The number of imide groups is 1. The van der Waals surface area contributed by atoms with Crippen LogP contribution in [0, 0.1) is 0 Å². The first kappa shape index (κ1) is 23.0. The molecular formula is C22H22F3NO4S. The number of halogens is 3. The van der Waals surface area contributed by atoms with Gasteiger partial charge in [-0.05, 0) is 63.2 Å². The summed E-state index contributed by atoms with van der Waals surface area (Å²) in [4.78, 5) is 27.1. The van der Waals surface area contributed by atoms with E-state index in [4.69, 9.17) is 9.47 Å². The molecule has 31 heavy (non-hydrogen) atoms. The molecule has 2 amide bonds. The van der Waals surface area contributed by atoms with Gasteiger partial charge in [0.05, 0.1) is 12.3 Å². The van der Waals surface area contributed by atoms with Gasteiger partial charge in [0, 0.05) is 5.56 Å². The summed E-state index contributed by atoms with van der Waals surface area (Å²) >= 11 is -0.466. The van der Waals surface area contributed by atoms with Gasteiger partial charge in [-0.1, -0.05) is 30.3 Å². The minimum atomic E-state index is -4.76. The molecule has 0 aromatic heterocycles. The van der Waals surface area contributed by atoms with E-state index >= 15 is 0 Å². The molecule has 0 saturated heterocycles. The van der Waals surface area contributed by atoms with Crippen LogP contribution in [0.25, 0.3) is 0 Å². The van der Waals surface area contributed by atoms with Gasteiger partial charge in [-0.3, -0.25) is 4.79 Å². The molecule has 166 valence electrons. The van der Waals surface area contributed by atoms with Crippen LogP contribution >= 0.6 is 11.8 Å². The lowest BCUT2D eigenvalue weighted by Gasteiger charge is -2.30. The number of fused-ring (bicyclic) bond motifs is 1. The Morgan fingerprint density at radius 3 is 2.23 bits per heavy atom. The van der Waals surface area contributed by atoms with Crippen LogP contribution in [0.1, 0.15) is 38.8 Å². The summed E-state index contributed by atoms with van der Waals surface area (Å²) in [7, 11) is 0. The summed E-state index contributed by atoms with van der Waals surface area (Å²) < 4.78 is 49.8. The number of carbonyl (C=O) groups is 2. The van der Waals surface area contributed by atoms with Crippen molar-refractivity contribution >= 4 is 29.4 Å². The van der Waals surface area contributed by atoms with Crippen LogP contribution in [0.15, 0.2) is 48.5 Å². The second-order valence-corrected chi connectivity index (χ2v) is 9.10. The van der Waals surface area contributed by atoms with E-state index in [2.05, 4.69) is 0 Å². The summed E-state index contributed by atoms with van der Waals surface area (Å²) in [6, 6.07) is 11.8. The number of amides is 2. The summed E-state index contributed by atoms with van der Waals surface area (Å²) in [6.07, 6.45) is -1.03. The molecule has 1 atom stereocenters. The first-order valence-electron chi connectivity index (χ1n) is 9.56. The number of rotatable bonds is 4. The molecule has 2 aromatic carbocycles. The van der Waals surface area contributed by atoms with Crippen LogP contribution in [0.5, 0.6) is 5.75 Å². The zero-order valence-corrected chi connectivity index (χ0v) is 18.3. The van der Waals surface area contributed by atoms with E-state index in [1.54, 1.807) is 33.8 Å². The number of anilines is 1. The lowest BCUT2D eigenvalue weighted by atomic mass is 9.91. The number of ether oxygens (including phenoxy) is 2. The second-order valence-electron chi connectivity index (χ2n) is 7.82. The van der Waals surface area contributed by atoms with Gasteiger partial charge in [0.1, 0.15) is 11.4 Å². The second kappa shape index (κ2) is 8.11. The fraction of sp³-hybridized carbons (Fsp3) is 0.364. The Kier molecular flexibility index (Phi) is 6.01. The molecule has 0 N–H and O–H groups in total. The Bertz CT molecular complexity index is 985. The number of carbonyl (C=O) groups excluding carboxylic acids is 2. The molecule has 1 aliphatic heterocycles. The van der Waals surface area contributed by atoms with E-state index in [1.165, 1.54) is 42.5 Å². The van der Waals surface area contributed by atoms with Gasteiger partial charge in [0.25, 0.3) is 5.91 Å². The summed E-state index contributed by atoms with van der Waals surface area (Å²) in [5.41, 5.74) is -5.48. The molecule has 0 radical (unpaired) electrons. The summed E-state index contributed by atoms with van der Waals surface area (Å²) in [5, 5.41) is 0. The molecule has 0 spiro atoms. The van der Waals surface area contributed by atoms with Crippen molar-refractivity contribution in [1.29, 1.82) is 0 Å². The van der Waals surface area contributed by atoms with Crippen molar-refractivity contribution in [2.45, 2.75) is 43.6 Å². The van der Waals surface area contributed by atoms with Crippen molar-refractivity contribution in [2.75, 3.05) is 11.5 Å². The third kappa shape index (κ3) is 4.51. The average molecular weight is 453 g/mol. The maximum atomic E-state index is 13.8. The molecule has 9 heteroatoms. The van der Waals surface area contributed by atoms with Crippen molar-refractivity contribution in [1.82, 2.24) is 0 Å². The van der Waals surface area contributed by atoms with Crippen molar-refractivity contribution in [3.8, 4) is 5.75 Å². The van der Waals surface area contributed by atoms with Gasteiger partial charge in [0.2, 0.25) is 0 Å². The van der Waals surface area contributed by atoms with Gasteiger partial charge >= 0.3 is 11.6 Å². The number of nitrogens with zero attached hydrogens (tertiary/aromatic N) is 1. The zero-order chi connectivity index (χ0) is 23.0. The molecule has 5 nitrogen and oxygen atoms in total. The fourth-order valence-electron chi connectivity index (χ4n) is 3.40. The normalized spacial score (nSPS) is 18.7. The van der Waals surface area contributed by atoms with Crippen molar-refractivity contribution in [3.63, 3.8) is 0 Å². The van der Waals surface area contributed by atoms with E-state index in [0.717, 1.165) is 0 Å². The van der Waals surface area contributed by atoms with E-state index in [-0.39, 0.29) is 16.8 Å². The molecule has 0 fully saturated rings. The predicted octanol–water partition coefficient (Wildman–Crippen LogP) is 5.86. The lowest BCUT2D eigenvalue weighted by Crippen LogP contribution is -2.45. The standard InChI is InChI=1S/C22H22F3NO4S/c1-5-29-15-12-10-14(11-13-15)21(31-22(23,24)25)16-8-6-7-9-17(16)26(18(21)27)19(28)30-20(2,3)4/h6-13H,5H2,1-4H3/t21-/m0/s1. The van der Waals surface area contributed by atoms with Gasteiger partial charge < -0.3 is 9.47 Å². The minimum Gasteiger partial charge on any atom is -0.494 e. The molecule has 0 saturated carbocycles. The maximum Gasteiger partial charge on any atom is 0.443 e. The monoisotopic (exact) mass is 453 g/mol. The van der Waals surface area contributed by atoms with Crippen LogP contribution in [0.4, 0.5) is 23.7 Å². The molecule has 0 unspecified atom stereocenters. The topological polar surface area (TPSA) is 55.8 Å². The minimum absolute atomic E-state index is 0.0624. The zero-order valence-electron chi connectivity index (χ0n) is 17.4. The van der Waals surface area contributed by atoms with Gasteiger partial charge in [-0.25, -0.2) is 9.69 Å². The van der Waals surface area contributed by atoms with E-state index in [9.17, 15) is 22.8 Å². The highest BCUT2D eigenvalue weighted by atomic mass is 32.2.